The Kier molecular flexibility index (Phi) is 2.45. The number of rotatable bonds is 1. The van der Waals surface area contributed by atoms with E-state index in [2.05, 4.69) is 26.1 Å². The predicted molar refractivity (Wildman–Crippen MR) is 72.2 cm³/mol. The Morgan fingerprint density at radius 2 is 2.00 bits per heavy atom. The Bertz CT molecular complexity index is 738. The highest BCUT2D eigenvalue weighted by Crippen LogP contribution is 2.27. The summed E-state index contributed by atoms with van der Waals surface area (Å²) in [7, 11) is 0. The zero-order valence-corrected chi connectivity index (χ0v) is 10.8. The maximum atomic E-state index is 9.63. The number of nitrogens with zero attached hydrogens (tertiary/aromatic N) is 3. The molecule has 0 fully saturated rings. The molecule has 3 aromatic rings. The van der Waals surface area contributed by atoms with E-state index < -0.39 is 0 Å². The van der Waals surface area contributed by atoms with Crippen molar-refractivity contribution in [3.63, 3.8) is 0 Å². The summed E-state index contributed by atoms with van der Waals surface area (Å²) in [5.41, 5.74) is 7.42. The highest BCUT2D eigenvalue weighted by atomic mass is 79.9. The number of hydrogen-bond donors (Lipinski definition) is 2. The largest absolute Gasteiger partial charge is 0.506 e. The molecule has 3 N–H and O–H groups in total. The molecule has 0 bridgehead atoms. The number of phenols is 1. The zero-order chi connectivity index (χ0) is 12.7. The van der Waals surface area contributed by atoms with Gasteiger partial charge in [-0.05, 0) is 46.3 Å². The molecule has 0 aliphatic heterocycles. The molecule has 3 rings (SSSR count). The van der Waals surface area contributed by atoms with E-state index in [4.69, 9.17) is 5.73 Å². The molecule has 1 aromatic carbocycles. The van der Waals surface area contributed by atoms with Gasteiger partial charge >= 0.3 is 0 Å². The van der Waals surface area contributed by atoms with Crippen LogP contribution < -0.4 is 5.73 Å². The second-order valence-electron chi connectivity index (χ2n) is 3.87. The third-order valence-corrected chi connectivity index (χ3v) is 3.12. The van der Waals surface area contributed by atoms with E-state index in [9.17, 15) is 5.11 Å². The zero-order valence-electron chi connectivity index (χ0n) is 9.21. The fourth-order valence-electron chi connectivity index (χ4n) is 1.74. The number of hydrogen-bond acceptors (Lipinski definition) is 4. The first kappa shape index (κ1) is 11.0. The molecule has 18 heavy (non-hydrogen) atoms. The normalized spacial score (nSPS) is 10.9. The van der Waals surface area contributed by atoms with E-state index in [1.54, 1.807) is 18.2 Å². The van der Waals surface area contributed by atoms with Crippen molar-refractivity contribution in [1.82, 2.24) is 14.6 Å². The molecule has 0 aliphatic rings. The second kappa shape index (κ2) is 3.99. The third-order valence-electron chi connectivity index (χ3n) is 2.65. The van der Waals surface area contributed by atoms with Crippen molar-refractivity contribution in [3.05, 3.63) is 41.0 Å². The monoisotopic (exact) mass is 304 g/mol. The minimum absolute atomic E-state index is 0.0410. The first-order valence-corrected chi connectivity index (χ1v) is 6.03. The summed E-state index contributed by atoms with van der Waals surface area (Å²) >= 11 is 3.40. The minimum atomic E-state index is 0.0410. The standard InChI is InChI=1S/C12H9BrN4O/c13-8-2-4-11-15-16-12(17(11)6-8)7-1-3-9(14)10(18)5-7/h1-6,18H,14H2. The number of halogens is 1. The van der Waals surface area contributed by atoms with Crippen molar-refractivity contribution >= 4 is 27.3 Å². The van der Waals surface area contributed by atoms with E-state index in [1.165, 1.54) is 0 Å². The average molecular weight is 305 g/mol. The maximum Gasteiger partial charge on any atom is 0.168 e. The van der Waals surface area contributed by atoms with Gasteiger partial charge in [0.2, 0.25) is 0 Å². The van der Waals surface area contributed by atoms with Gasteiger partial charge in [-0.1, -0.05) is 0 Å². The minimum Gasteiger partial charge on any atom is -0.506 e. The molecule has 0 saturated heterocycles. The maximum absolute atomic E-state index is 9.63. The molecule has 6 heteroatoms. The molecule has 0 aliphatic carbocycles. The molecule has 0 saturated carbocycles. The van der Waals surface area contributed by atoms with E-state index in [-0.39, 0.29) is 5.75 Å². The number of phenolic OH excluding ortho intramolecular Hbond substituents is 1. The number of benzene rings is 1. The van der Waals surface area contributed by atoms with Crippen LogP contribution in [0.25, 0.3) is 17.0 Å². The lowest BCUT2D eigenvalue weighted by Gasteiger charge is -2.03. The SMILES string of the molecule is Nc1ccc(-c2nnc3ccc(Br)cn23)cc1O. The van der Waals surface area contributed by atoms with Crippen LogP contribution in [0.5, 0.6) is 5.75 Å². The summed E-state index contributed by atoms with van der Waals surface area (Å²) in [5.74, 6) is 0.695. The van der Waals surface area contributed by atoms with E-state index in [0.29, 0.717) is 11.5 Å². The topological polar surface area (TPSA) is 76.4 Å². The fraction of sp³-hybridized carbons (Fsp3) is 0. The first-order valence-electron chi connectivity index (χ1n) is 5.24. The van der Waals surface area contributed by atoms with E-state index in [0.717, 1.165) is 15.7 Å². The quantitative estimate of drug-likeness (QED) is 0.535. The van der Waals surface area contributed by atoms with Gasteiger partial charge in [-0.15, -0.1) is 10.2 Å². The van der Waals surface area contributed by atoms with Gasteiger partial charge in [0.15, 0.2) is 11.5 Å². The number of aromatic nitrogens is 3. The summed E-state index contributed by atoms with van der Waals surface area (Å²) in [6, 6.07) is 8.77. The van der Waals surface area contributed by atoms with Crippen LogP contribution in [0, 0.1) is 0 Å². The van der Waals surface area contributed by atoms with Gasteiger partial charge in [0.05, 0.1) is 5.69 Å². The van der Waals surface area contributed by atoms with Gasteiger partial charge < -0.3 is 10.8 Å². The fourth-order valence-corrected chi connectivity index (χ4v) is 2.08. The van der Waals surface area contributed by atoms with Gasteiger partial charge in [-0.25, -0.2) is 0 Å². The van der Waals surface area contributed by atoms with Gasteiger partial charge in [-0.3, -0.25) is 4.40 Å². The smallest absolute Gasteiger partial charge is 0.168 e. The summed E-state index contributed by atoms with van der Waals surface area (Å²) < 4.78 is 2.77. The number of nitrogen functional groups attached to an aromatic ring is 1. The van der Waals surface area contributed by atoms with Crippen LogP contribution in [-0.2, 0) is 0 Å². The molecule has 2 aromatic heterocycles. The predicted octanol–water partition coefficient (Wildman–Crippen LogP) is 2.45. The van der Waals surface area contributed by atoms with Gasteiger partial charge in [0, 0.05) is 16.2 Å². The van der Waals surface area contributed by atoms with Crippen molar-refractivity contribution in [2.45, 2.75) is 0 Å². The molecular formula is C12H9BrN4O. The Hall–Kier alpha value is -2.08. The Labute approximate surface area is 111 Å². The highest BCUT2D eigenvalue weighted by Gasteiger charge is 2.09. The van der Waals surface area contributed by atoms with Crippen LogP contribution in [-0.4, -0.2) is 19.7 Å². The van der Waals surface area contributed by atoms with Crippen LogP contribution in [0.3, 0.4) is 0 Å². The lowest BCUT2D eigenvalue weighted by atomic mass is 10.2. The van der Waals surface area contributed by atoms with Crippen LogP contribution in [0.2, 0.25) is 0 Å². The van der Waals surface area contributed by atoms with E-state index >= 15 is 0 Å². The molecule has 0 amide bonds. The van der Waals surface area contributed by atoms with Crippen molar-refractivity contribution in [2.75, 3.05) is 5.73 Å². The van der Waals surface area contributed by atoms with E-state index in [1.807, 2.05) is 22.7 Å². The van der Waals surface area contributed by atoms with Crippen molar-refractivity contribution < 1.29 is 5.11 Å². The second-order valence-corrected chi connectivity index (χ2v) is 4.79. The Morgan fingerprint density at radius 1 is 1.17 bits per heavy atom. The lowest BCUT2D eigenvalue weighted by molar-refractivity contribution is 0.478. The van der Waals surface area contributed by atoms with Crippen molar-refractivity contribution in [1.29, 1.82) is 0 Å². The molecule has 0 spiro atoms. The average Bonchev–Trinajstić information content (AvgIpc) is 2.75. The molecule has 90 valence electrons. The number of anilines is 1. The molecule has 2 heterocycles. The van der Waals surface area contributed by atoms with Crippen LogP contribution in [0.4, 0.5) is 5.69 Å². The molecule has 5 nitrogen and oxygen atoms in total. The molecule has 0 unspecified atom stereocenters. The van der Waals surface area contributed by atoms with Crippen LogP contribution in [0.15, 0.2) is 41.0 Å². The third kappa shape index (κ3) is 1.70. The molecular weight excluding hydrogens is 296 g/mol. The van der Waals surface area contributed by atoms with Crippen molar-refractivity contribution in [3.8, 4) is 17.1 Å². The van der Waals surface area contributed by atoms with Gasteiger partial charge in [0.1, 0.15) is 5.75 Å². The summed E-state index contributed by atoms with van der Waals surface area (Å²) in [4.78, 5) is 0. The number of aromatic hydroxyl groups is 1. The number of nitrogens with two attached hydrogens (primary N) is 1. The van der Waals surface area contributed by atoms with Gasteiger partial charge in [0.25, 0.3) is 0 Å². The summed E-state index contributed by atoms with van der Waals surface area (Å²) in [5, 5.41) is 17.8. The highest BCUT2D eigenvalue weighted by molar-refractivity contribution is 9.10. The van der Waals surface area contributed by atoms with Gasteiger partial charge in [-0.2, -0.15) is 0 Å². The molecule has 0 radical (unpaired) electrons. The first-order chi connectivity index (χ1) is 8.65. The summed E-state index contributed by atoms with van der Waals surface area (Å²) in [6.45, 7) is 0. The van der Waals surface area contributed by atoms with Crippen LogP contribution >= 0.6 is 15.9 Å². The van der Waals surface area contributed by atoms with Crippen LogP contribution in [0.1, 0.15) is 0 Å². The number of pyridine rings is 1. The Morgan fingerprint density at radius 3 is 2.78 bits per heavy atom. The van der Waals surface area contributed by atoms with Crippen molar-refractivity contribution in [2.24, 2.45) is 0 Å². The Balaban J connectivity index is 2.24. The lowest BCUT2D eigenvalue weighted by Crippen LogP contribution is -1.91. The molecule has 0 atom stereocenters. The number of fused-ring (bicyclic) bond motifs is 1. The summed E-state index contributed by atoms with van der Waals surface area (Å²) in [6.07, 6.45) is 1.87.